The Morgan fingerprint density at radius 2 is 1.72 bits per heavy atom. The van der Waals surface area contributed by atoms with Crippen LogP contribution in [0.3, 0.4) is 0 Å². The number of fused-ring (bicyclic) bond motifs is 1. The van der Waals surface area contributed by atoms with E-state index in [1.165, 1.54) is 19.2 Å². The molecule has 0 radical (unpaired) electrons. The van der Waals surface area contributed by atoms with Crippen molar-refractivity contribution in [3.8, 4) is 11.5 Å². The van der Waals surface area contributed by atoms with Crippen molar-refractivity contribution in [1.29, 1.82) is 0 Å². The molecule has 5 heteroatoms. The summed E-state index contributed by atoms with van der Waals surface area (Å²) in [5, 5.41) is 2.04. The lowest BCUT2D eigenvalue weighted by Crippen LogP contribution is -2.16. The second-order valence-electron chi connectivity index (χ2n) is 5.50. The summed E-state index contributed by atoms with van der Waals surface area (Å²) >= 11 is 0. The smallest absolute Gasteiger partial charge is 0.252 e. The van der Waals surface area contributed by atoms with Crippen LogP contribution in [0.5, 0.6) is 11.5 Å². The number of primary amides is 1. The highest BCUT2D eigenvalue weighted by Gasteiger charge is 2.14. The van der Waals surface area contributed by atoms with E-state index in [2.05, 4.69) is 0 Å². The van der Waals surface area contributed by atoms with Gasteiger partial charge in [-0.2, -0.15) is 0 Å². The molecule has 0 atom stereocenters. The minimum absolute atomic E-state index is 0.191. The standard InChI is InChI=1S/C20H17NO4/c1-24-16-8-9-17(20(21)23)19(11-16)25-12-18(22)15-7-6-13-4-2-3-5-14(13)10-15/h2-11H,12H2,1H3,(H2,21,23). The maximum Gasteiger partial charge on any atom is 0.252 e. The normalized spacial score (nSPS) is 10.4. The quantitative estimate of drug-likeness (QED) is 0.702. The third-order valence-electron chi connectivity index (χ3n) is 3.88. The second-order valence-corrected chi connectivity index (χ2v) is 5.50. The van der Waals surface area contributed by atoms with Crippen LogP contribution in [0.1, 0.15) is 20.7 Å². The van der Waals surface area contributed by atoms with Gasteiger partial charge in [-0.25, -0.2) is 0 Å². The number of hydrogen-bond acceptors (Lipinski definition) is 4. The number of benzene rings is 3. The first-order valence-electron chi connectivity index (χ1n) is 7.71. The molecule has 0 spiro atoms. The summed E-state index contributed by atoms with van der Waals surface area (Å²) in [7, 11) is 1.50. The minimum atomic E-state index is -0.629. The number of ketones is 1. The molecule has 5 nitrogen and oxygen atoms in total. The summed E-state index contributed by atoms with van der Waals surface area (Å²) in [5.41, 5.74) is 6.09. The fraction of sp³-hybridized carbons (Fsp3) is 0.100. The van der Waals surface area contributed by atoms with Crippen LogP contribution in [0.15, 0.2) is 60.7 Å². The third kappa shape index (κ3) is 3.61. The van der Waals surface area contributed by atoms with Gasteiger partial charge < -0.3 is 15.2 Å². The van der Waals surface area contributed by atoms with Gasteiger partial charge in [0.1, 0.15) is 11.5 Å². The fourth-order valence-electron chi connectivity index (χ4n) is 2.54. The molecule has 3 rings (SSSR count). The van der Waals surface area contributed by atoms with E-state index in [0.29, 0.717) is 11.3 Å². The van der Waals surface area contributed by atoms with Gasteiger partial charge in [-0.05, 0) is 29.0 Å². The average Bonchev–Trinajstić information content (AvgIpc) is 2.65. The minimum Gasteiger partial charge on any atom is -0.497 e. The molecule has 0 aromatic heterocycles. The van der Waals surface area contributed by atoms with Gasteiger partial charge in [-0.1, -0.05) is 36.4 Å². The Labute approximate surface area is 145 Å². The number of amides is 1. The highest BCUT2D eigenvalue weighted by atomic mass is 16.5. The Balaban J connectivity index is 1.80. The molecule has 0 aliphatic heterocycles. The Bertz CT molecular complexity index is 949. The molecule has 126 valence electrons. The Morgan fingerprint density at radius 3 is 2.44 bits per heavy atom. The maximum atomic E-state index is 12.4. The van der Waals surface area contributed by atoms with Crippen LogP contribution in [-0.2, 0) is 0 Å². The molecule has 0 fully saturated rings. The second kappa shape index (κ2) is 7.05. The summed E-state index contributed by atoms with van der Waals surface area (Å²) < 4.78 is 10.7. The Kier molecular flexibility index (Phi) is 4.66. The van der Waals surface area contributed by atoms with E-state index >= 15 is 0 Å². The highest BCUT2D eigenvalue weighted by molar-refractivity contribution is 6.01. The van der Waals surface area contributed by atoms with Gasteiger partial charge in [0.15, 0.2) is 12.4 Å². The summed E-state index contributed by atoms with van der Waals surface area (Å²) in [6.45, 7) is -0.203. The lowest BCUT2D eigenvalue weighted by atomic mass is 10.0. The molecule has 0 bridgehead atoms. The molecule has 0 heterocycles. The topological polar surface area (TPSA) is 78.6 Å². The van der Waals surface area contributed by atoms with Crippen LogP contribution in [0, 0.1) is 0 Å². The average molecular weight is 335 g/mol. The molecule has 1 amide bonds. The van der Waals surface area contributed by atoms with E-state index in [9.17, 15) is 9.59 Å². The number of carbonyl (C=O) groups excluding carboxylic acids is 2. The number of Topliss-reactive ketones (excluding diaryl/α,β-unsaturated/α-hetero) is 1. The number of ether oxygens (including phenoxy) is 2. The van der Waals surface area contributed by atoms with Crippen molar-refractivity contribution in [3.63, 3.8) is 0 Å². The van der Waals surface area contributed by atoms with Crippen LogP contribution in [0.4, 0.5) is 0 Å². The van der Waals surface area contributed by atoms with E-state index in [0.717, 1.165) is 10.8 Å². The number of hydrogen-bond donors (Lipinski definition) is 1. The first-order chi connectivity index (χ1) is 12.1. The summed E-state index contributed by atoms with van der Waals surface area (Å²) in [6, 6.07) is 17.9. The van der Waals surface area contributed by atoms with Gasteiger partial charge in [0, 0.05) is 11.6 Å². The molecule has 0 aliphatic carbocycles. The van der Waals surface area contributed by atoms with Crippen LogP contribution in [0.25, 0.3) is 10.8 Å². The molecular formula is C20H17NO4. The van der Waals surface area contributed by atoms with Crippen molar-refractivity contribution < 1.29 is 19.1 Å². The zero-order chi connectivity index (χ0) is 17.8. The van der Waals surface area contributed by atoms with Gasteiger partial charge in [0.05, 0.1) is 12.7 Å². The van der Waals surface area contributed by atoms with Crippen LogP contribution < -0.4 is 15.2 Å². The highest BCUT2D eigenvalue weighted by Crippen LogP contribution is 2.25. The maximum absolute atomic E-state index is 12.4. The summed E-state index contributed by atoms with van der Waals surface area (Å²) in [4.78, 5) is 23.9. The molecular weight excluding hydrogens is 318 g/mol. The van der Waals surface area contributed by atoms with Gasteiger partial charge in [0.2, 0.25) is 0 Å². The number of rotatable bonds is 6. The molecule has 0 saturated carbocycles. The lowest BCUT2D eigenvalue weighted by molar-refractivity contribution is 0.0912. The zero-order valence-electron chi connectivity index (χ0n) is 13.7. The number of methoxy groups -OCH3 is 1. The molecule has 3 aromatic rings. The predicted molar refractivity (Wildman–Crippen MR) is 95.3 cm³/mol. The molecule has 25 heavy (non-hydrogen) atoms. The van der Waals surface area contributed by atoms with E-state index in [1.54, 1.807) is 12.1 Å². The van der Waals surface area contributed by atoms with Crippen molar-refractivity contribution >= 4 is 22.5 Å². The monoisotopic (exact) mass is 335 g/mol. The first kappa shape index (κ1) is 16.5. The van der Waals surface area contributed by atoms with E-state index in [4.69, 9.17) is 15.2 Å². The molecule has 2 N–H and O–H groups in total. The summed E-state index contributed by atoms with van der Waals surface area (Å²) in [6.07, 6.45) is 0. The number of carbonyl (C=O) groups is 2. The largest absolute Gasteiger partial charge is 0.497 e. The van der Waals surface area contributed by atoms with Crippen LogP contribution >= 0.6 is 0 Å². The number of nitrogens with two attached hydrogens (primary N) is 1. The van der Waals surface area contributed by atoms with E-state index in [-0.39, 0.29) is 23.7 Å². The van der Waals surface area contributed by atoms with E-state index < -0.39 is 5.91 Å². The van der Waals surface area contributed by atoms with Gasteiger partial charge >= 0.3 is 0 Å². The lowest BCUT2D eigenvalue weighted by Gasteiger charge is -2.11. The summed E-state index contributed by atoms with van der Waals surface area (Å²) in [5.74, 6) is -0.0843. The SMILES string of the molecule is COc1ccc(C(N)=O)c(OCC(=O)c2ccc3ccccc3c2)c1. The van der Waals surface area contributed by atoms with Crippen molar-refractivity contribution in [3.05, 3.63) is 71.8 Å². The Hall–Kier alpha value is -3.34. The van der Waals surface area contributed by atoms with Crippen molar-refractivity contribution in [2.24, 2.45) is 5.73 Å². The fourth-order valence-corrected chi connectivity index (χ4v) is 2.54. The Morgan fingerprint density at radius 1 is 0.960 bits per heavy atom. The molecule has 0 unspecified atom stereocenters. The van der Waals surface area contributed by atoms with Crippen molar-refractivity contribution in [1.82, 2.24) is 0 Å². The first-order valence-corrected chi connectivity index (χ1v) is 7.71. The zero-order valence-corrected chi connectivity index (χ0v) is 13.7. The molecule has 3 aromatic carbocycles. The third-order valence-corrected chi connectivity index (χ3v) is 3.88. The van der Waals surface area contributed by atoms with Crippen molar-refractivity contribution in [2.45, 2.75) is 0 Å². The predicted octanol–water partition coefficient (Wildman–Crippen LogP) is 3.21. The molecule has 0 aliphatic rings. The van der Waals surface area contributed by atoms with Crippen LogP contribution in [-0.4, -0.2) is 25.4 Å². The van der Waals surface area contributed by atoms with Gasteiger partial charge in [-0.15, -0.1) is 0 Å². The molecule has 0 saturated heterocycles. The van der Waals surface area contributed by atoms with Gasteiger partial charge in [-0.3, -0.25) is 9.59 Å². The van der Waals surface area contributed by atoms with E-state index in [1.807, 2.05) is 36.4 Å². The van der Waals surface area contributed by atoms with Crippen molar-refractivity contribution in [2.75, 3.05) is 13.7 Å². The van der Waals surface area contributed by atoms with Gasteiger partial charge in [0.25, 0.3) is 5.91 Å². The van der Waals surface area contributed by atoms with Crippen LogP contribution in [0.2, 0.25) is 0 Å².